The number of oxazole rings is 1. The Balaban J connectivity index is 1.70. The third-order valence-corrected chi connectivity index (χ3v) is 4.37. The fourth-order valence-corrected chi connectivity index (χ4v) is 2.92. The number of hydrazine groups is 1. The first kappa shape index (κ1) is 21.0. The van der Waals surface area contributed by atoms with Crippen LogP contribution in [0.4, 0.5) is 0 Å². The Labute approximate surface area is 172 Å². The average molecular weight is 413 g/mol. The summed E-state index contributed by atoms with van der Waals surface area (Å²) < 4.78 is 17.2. The predicted molar refractivity (Wildman–Crippen MR) is 110 cm³/mol. The summed E-state index contributed by atoms with van der Waals surface area (Å²) in [4.78, 5) is 37.1. The number of nitrogens with one attached hydrogen (secondary N) is 2. The highest BCUT2D eigenvalue weighted by Gasteiger charge is 2.22. The van der Waals surface area contributed by atoms with Crippen LogP contribution in [0.25, 0.3) is 11.1 Å². The number of hydrogen-bond donors (Lipinski definition) is 2. The van der Waals surface area contributed by atoms with Crippen molar-refractivity contribution in [2.45, 2.75) is 32.9 Å². The van der Waals surface area contributed by atoms with Gasteiger partial charge in [0.25, 0.3) is 11.8 Å². The first-order valence-electron chi connectivity index (χ1n) is 9.36. The second-order valence-corrected chi connectivity index (χ2v) is 6.86. The molecule has 0 spiro atoms. The Morgan fingerprint density at radius 1 is 1.03 bits per heavy atom. The van der Waals surface area contributed by atoms with Crippen LogP contribution in [0.2, 0.25) is 0 Å². The summed E-state index contributed by atoms with van der Waals surface area (Å²) in [5.74, 6) is -0.880. The maximum Gasteiger partial charge on any atom is 0.420 e. The fourth-order valence-electron chi connectivity index (χ4n) is 2.92. The zero-order valence-electron chi connectivity index (χ0n) is 17.1. The third-order valence-electron chi connectivity index (χ3n) is 4.37. The predicted octanol–water partition coefficient (Wildman–Crippen LogP) is 2.41. The lowest BCUT2D eigenvalue weighted by Crippen LogP contribution is -2.45. The molecule has 0 saturated carbocycles. The van der Waals surface area contributed by atoms with Gasteiger partial charge in [0, 0.05) is 5.56 Å². The van der Waals surface area contributed by atoms with Crippen molar-refractivity contribution in [3.63, 3.8) is 0 Å². The van der Waals surface area contributed by atoms with Crippen molar-refractivity contribution in [1.82, 2.24) is 15.4 Å². The SMILES string of the molecule is COc1cc(C(=O)NNC(=O)C(C)n2c(=O)oc3ccccc32)ccc1OC(C)C. The molecule has 2 amide bonds. The maximum atomic E-state index is 12.5. The maximum absolute atomic E-state index is 12.5. The summed E-state index contributed by atoms with van der Waals surface area (Å²) in [6, 6.07) is 10.6. The molecule has 158 valence electrons. The van der Waals surface area contributed by atoms with E-state index >= 15 is 0 Å². The van der Waals surface area contributed by atoms with E-state index in [1.165, 1.54) is 24.7 Å². The lowest BCUT2D eigenvalue weighted by atomic mass is 10.2. The smallest absolute Gasteiger partial charge is 0.420 e. The highest BCUT2D eigenvalue weighted by molar-refractivity contribution is 5.96. The lowest BCUT2D eigenvalue weighted by molar-refractivity contribution is -0.124. The number of para-hydroxylation sites is 2. The van der Waals surface area contributed by atoms with Crippen LogP contribution in [0, 0.1) is 0 Å². The Morgan fingerprint density at radius 3 is 2.47 bits per heavy atom. The number of methoxy groups -OCH3 is 1. The van der Waals surface area contributed by atoms with Gasteiger partial charge in [-0.05, 0) is 51.1 Å². The van der Waals surface area contributed by atoms with Crippen LogP contribution in [0.15, 0.2) is 51.7 Å². The molecule has 3 aromatic rings. The van der Waals surface area contributed by atoms with Crippen LogP contribution in [-0.2, 0) is 4.79 Å². The van der Waals surface area contributed by atoms with E-state index in [1.807, 2.05) is 13.8 Å². The fraction of sp³-hybridized carbons (Fsp3) is 0.286. The number of hydrogen-bond acceptors (Lipinski definition) is 6. The molecule has 0 aliphatic heterocycles. The average Bonchev–Trinajstić information content (AvgIpc) is 3.06. The van der Waals surface area contributed by atoms with Gasteiger partial charge in [0.15, 0.2) is 17.1 Å². The van der Waals surface area contributed by atoms with Gasteiger partial charge in [0.2, 0.25) is 0 Å². The van der Waals surface area contributed by atoms with Gasteiger partial charge in [-0.1, -0.05) is 12.1 Å². The zero-order valence-corrected chi connectivity index (χ0v) is 17.1. The minimum Gasteiger partial charge on any atom is -0.493 e. The van der Waals surface area contributed by atoms with Crippen LogP contribution in [-0.4, -0.2) is 29.6 Å². The molecule has 3 rings (SSSR count). The van der Waals surface area contributed by atoms with Crippen LogP contribution >= 0.6 is 0 Å². The molecule has 1 unspecified atom stereocenters. The molecule has 0 bridgehead atoms. The van der Waals surface area contributed by atoms with Gasteiger partial charge in [-0.25, -0.2) is 4.79 Å². The molecule has 1 aromatic heterocycles. The molecule has 2 aromatic carbocycles. The molecule has 0 aliphatic rings. The van der Waals surface area contributed by atoms with Crippen molar-refractivity contribution < 1.29 is 23.5 Å². The number of aromatic nitrogens is 1. The number of carbonyl (C=O) groups excluding carboxylic acids is 2. The number of amides is 2. The zero-order chi connectivity index (χ0) is 21.8. The number of benzene rings is 2. The van der Waals surface area contributed by atoms with Crippen molar-refractivity contribution in [2.75, 3.05) is 7.11 Å². The van der Waals surface area contributed by atoms with E-state index in [0.29, 0.717) is 22.6 Å². The monoisotopic (exact) mass is 413 g/mol. The Hall–Kier alpha value is -3.75. The summed E-state index contributed by atoms with van der Waals surface area (Å²) in [5.41, 5.74) is 5.80. The van der Waals surface area contributed by atoms with Gasteiger partial charge in [-0.15, -0.1) is 0 Å². The topological polar surface area (TPSA) is 112 Å². The summed E-state index contributed by atoms with van der Waals surface area (Å²) in [6.45, 7) is 5.29. The molecule has 9 heteroatoms. The molecule has 0 aliphatic carbocycles. The van der Waals surface area contributed by atoms with Gasteiger partial charge < -0.3 is 13.9 Å². The van der Waals surface area contributed by atoms with E-state index in [0.717, 1.165) is 0 Å². The van der Waals surface area contributed by atoms with E-state index in [2.05, 4.69) is 10.9 Å². The molecular weight excluding hydrogens is 390 g/mol. The van der Waals surface area contributed by atoms with Gasteiger partial charge in [-0.3, -0.25) is 25.0 Å². The first-order valence-corrected chi connectivity index (χ1v) is 9.36. The Morgan fingerprint density at radius 2 is 1.77 bits per heavy atom. The van der Waals surface area contributed by atoms with Crippen molar-refractivity contribution in [1.29, 1.82) is 0 Å². The van der Waals surface area contributed by atoms with Crippen molar-refractivity contribution in [3.05, 3.63) is 58.6 Å². The third kappa shape index (κ3) is 4.29. The normalized spacial score (nSPS) is 11.9. The van der Waals surface area contributed by atoms with Gasteiger partial charge in [0.05, 0.1) is 18.7 Å². The summed E-state index contributed by atoms with van der Waals surface area (Å²) in [5, 5.41) is 0. The number of carbonyl (C=O) groups is 2. The largest absolute Gasteiger partial charge is 0.493 e. The quantitative estimate of drug-likeness (QED) is 0.600. The molecular formula is C21H23N3O6. The Kier molecular flexibility index (Phi) is 6.10. The Bertz CT molecular complexity index is 1130. The highest BCUT2D eigenvalue weighted by Crippen LogP contribution is 2.28. The van der Waals surface area contributed by atoms with Gasteiger partial charge >= 0.3 is 5.76 Å². The van der Waals surface area contributed by atoms with Crippen molar-refractivity contribution >= 4 is 22.9 Å². The number of ether oxygens (including phenoxy) is 2. The second-order valence-electron chi connectivity index (χ2n) is 6.86. The number of fused-ring (bicyclic) bond motifs is 1. The molecule has 30 heavy (non-hydrogen) atoms. The van der Waals surface area contributed by atoms with E-state index in [4.69, 9.17) is 13.9 Å². The van der Waals surface area contributed by atoms with Gasteiger partial charge in [-0.2, -0.15) is 0 Å². The summed E-state index contributed by atoms with van der Waals surface area (Å²) in [7, 11) is 1.47. The summed E-state index contributed by atoms with van der Waals surface area (Å²) >= 11 is 0. The van der Waals surface area contributed by atoms with E-state index in [9.17, 15) is 14.4 Å². The minimum atomic E-state index is -0.905. The standard InChI is InChI=1S/C21H23N3O6/c1-12(2)29-17-10-9-14(11-18(17)28-4)20(26)23-22-19(25)13(3)24-15-7-5-6-8-16(15)30-21(24)27/h5-13H,1-4H3,(H,22,25)(H,23,26). The molecule has 2 N–H and O–H groups in total. The lowest BCUT2D eigenvalue weighted by Gasteiger charge is -2.16. The molecule has 0 radical (unpaired) electrons. The highest BCUT2D eigenvalue weighted by atomic mass is 16.5. The van der Waals surface area contributed by atoms with Crippen molar-refractivity contribution in [3.8, 4) is 11.5 Å². The van der Waals surface area contributed by atoms with Gasteiger partial charge in [0.1, 0.15) is 6.04 Å². The molecule has 0 fully saturated rings. The van der Waals surface area contributed by atoms with E-state index < -0.39 is 23.6 Å². The number of rotatable bonds is 6. The van der Waals surface area contributed by atoms with E-state index in [-0.39, 0.29) is 11.7 Å². The number of nitrogens with zero attached hydrogens (tertiary/aromatic N) is 1. The molecule has 9 nitrogen and oxygen atoms in total. The summed E-state index contributed by atoms with van der Waals surface area (Å²) in [6.07, 6.45) is -0.0539. The van der Waals surface area contributed by atoms with Crippen molar-refractivity contribution in [2.24, 2.45) is 0 Å². The second kappa shape index (κ2) is 8.73. The molecule has 1 heterocycles. The molecule has 1 atom stereocenters. The minimum absolute atomic E-state index is 0.0539. The van der Waals surface area contributed by atoms with Crippen LogP contribution < -0.4 is 26.1 Å². The van der Waals surface area contributed by atoms with Crippen LogP contribution in [0.3, 0.4) is 0 Å². The van der Waals surface area contributed by atoms with Crippen LogP contribution in [0.5, 0.6) is 11.5 Å². The molecule has 0 saturated heterocycles. The first-order chi connectivity index (χ1) is 14.3. The van der Waals surface area contributed by atoms with Crippen LogP contribution in [0.1, 0.15) is 37.2 Å². The van der Waals surface area contributed by atoms with E-state index in [1.54, 1.807) is 36.4 Å².